The first-order valence-corrected chi connectivity index (χ1v) is 22.9. The van der Waals surface area contributed by atoms with E-state index in [1.54, 1.807) is 58.3 Å². The fourth-order valence-electron chi connectivity index (χ4n) is 8.52. The lowest BCUT2D eigenvalue weighted by molar-refractivity contribution is -0.128. The van der Waals surface area contributed by atoms with Crippen molar-refractivity contribution < 1.29 is 41.4 Å². The number of benzene rings is 4. The lowest BCUT2D eigenvalue weighted by atomic mass is 9.77. The Morgan fingerprint density at radius 3 is 1.27 bits per heavy atom. The first kappa shape index (κ1) is 42.8. The van der Waals surface area contributed by atoms with Crippen LogP contribution < -0.4 is 9.80 Å². The fourth-order valence-corrected chi connectivity index (χ4v) is 12.4. The van der Waals surface area contributed by atoms with Crippen molar-refractivity contribution in [2.24, 2.45) is 10.8 Å². The van der Waals surface area contributed by atoms with Gasteiger partial charge >= 0.3 is 5.97 Å². The number of rotatable bonds is 8. The van der Waals surface area contributed by atoms with Crippen LogP contribution >= 0.6 is 23.2 Å². The van der Waals surface area contributed by atoms with Gasteiger partial charge in [0.2, 0.25) is 31.9 Å². The summed E-state index contributed by atoms with van der Waals surface area (Å²) < 4.78 is 54.7. The number of aromatic carboxylic acids is 1. The van der Waals surface area contributed by atoms with Gasteiger partial charge in [0.25, 0.3) is 0 Å². The molecule has 13 nitrogen and oxygen atoms in total. The molecule has 4 aliphatic rings. The Kier molecular flexibility index (Phi) is 12.3. The average Bonchev–Trinajstić information content (AvgIpc) is 3.72. The lowest BCUT2D eigenvalue weighted by Gasteiger charge is -2.37. The zero-order valence-corrected chi connectivity index (χ0v) is 35.2. The van der Waals surface area contributed by atoms with Crippen molar-refractivity contribution in [3.8, 4) is 0 Å². The predicted molar refractivity (Wildman–Crippen MR) is 223 cm³/mol. The minimum atomic E-state index is -3.71. The van der Waals surface area contributed by atoms with Gasteiger partial charge in [-0.3, -0.25) is 9.59 Å². The molecule has 59 heavy (non-hydrogen) atoms. The molecule has 0 radical (unpaired) electrons. The third-order valence-electron chi connectivity index (χ3n) is 12.2. The van der Waals surface area contributed by atoms with Crippen LogP contribution in [0.4, 0.5) is 11.4 Å². The van der Waals surface area contributed by atoms with E-state index in [1.165, 1.54) is 32.9 Å². The molecule has 0 bridgehead atoms. The molecule has 0 unspecified atom stereocenters. The van der Waals surface area contributed by atoms with E-state index in [2.05, 4.69) is 0 Å². The standard InChI is InChI=1S/C21H21ClN2O5S.C21H23ClN2O4S/c22-17-3-1-2-4-18(17)30(28,29)23-12-9-21(10-13-23)11-14-24(20(21)27)16-7-5-15(6-8-16)19(25)26;22-18-3-1-2-4-19(18)29(27,28)23-12-9-21(10-13-23)11-14-24(20(21)26)17-7-5-16(15-25)6-8-17/h1-8H,9-14H2,(H,25,26);1-8,25H,9-15H2. The minimum absolute atomic E-state index is 0.0274. The van der Waals surface area contributed by atoms with Gasteiger partial charge in [-0.05, 0) is 105 Å². The molecule has 0 aliphatic carbocycles. The molecule has 312 valence electrons. The van der Waals surface area contributed by atoms with Gasteiger partial charge < -0.3 is 20.0 Å². The molecule has 4 saturated heterocycles. The summed E-state index contributed by atoms with van der Waals surface area (Å²) in [5, 5.41) is 18.6. The summed E-state index contributed by atoms with van der Waals surface area (Å²) in [7, 11) is -7.39. The summed E-state index contributed by atoms with van der Waals surface area (Å²) >= 11 is 12.2. The number of carboxylic acids is 1. The second kappa shape index (κ2) is 17.0. The highest BCUT2D eigenvalue weighted by Crippen LogP contribution is 2.46. The summed E-state index contributed by atoms with van der Waals surface area (Å²) in [4.78, 5) is 41.1. The van der Waals surface area contributed by atoms with E-state index in [0.717, 1.165) is 11.3 Å². The smallest absolute Gasteiger partial charge is 0.335 e. The first-order valence-electron chi connectivity index (χ1n) is 19.3. The topological polar surface area (TPSA) is 173 Å². The van der Waals surface area contributed by atoms with E-state index >= 15 is 0 Å². The van der Waals surface area contributed by atoms with E-state index in [1.807, 2.05) is 24.3 Å². The van der Waals surface area contributed by atoms with Crippen LogP contribution in [-0.4, -0.2) is 92.7 Å². The molecule has 0 aromatic heterocycles. The summed E-state index contributed by atoms with van der Waals surface area (Å²) in [5.41, 5.74) is 1.34. The summed E-state index contributed by atoms with van der Waals surface area (Å²) in [6, 6.07) is 26.4. The average molecular weight is 884 g/mol. The van der Waals surface area contributed by atoms with Crippen molar-refractivity contribution in [3.05, 3.63) is 118 Å². The number of halogens is 2. The molecule has 4 fully saturated rings. The van der Waals surface area contributed by atoms with Crippen molar-refractivity contribution in [3.63, 3.8) is 0 Å². The normalized spacial score (nSPS) is 19.6. The number of carboxylic acid groups (broad SMARTS) is 1. The summed E-state index contributed by atoms with van der Waals surface area (Å²) in [6.45, 7) is 2.23. The molecule has 8 rings (SSSR count). The number of hydrogen-bond donors (Lipinski definition) is 2. The fraction of sp³-hybridized carbons (Fsp3) is 0.357. The zero-order valence-electron chi connectivity index (χ0n) is 32.0. The highest BCUT2D eigenvalue weighted by Gasteiger charge is 2.51. The number of nitrogens with zero attached hydrogens (tertiary/aromatic N) is 4. The predicted octanol–water partition coefficient (Wildman–Crippen LogP) is 6.29. The van der Waals surface area contributed by atoms with Crippen LogP contribution in [0.25, 0.3) is 0 Å². The number of carbonyl (C=O) groups is 3. The molecule has 4 heterocycles. The summed E-state index contributed by atoms with van der Waals surface area (Å²) in [5.74, 6) is -0.984. The number of piperidine rings is 2. The van der Waals surface area contributed by atoms with E-state index in [0.29, 0.717) is 70.4 Å². The Morgan fingerprint density at radius 2 is 0.915 bits per heavy atom. The molecule has 0 saturated carbocycles. The van der Waals surface area contributed by atoms with E-state index in [9.17, 15) is 36.3 Å². The van der Waals surface area contributed by atoms with E-state index in [4.69, 9.17) is 28.3 Å². The molecule has 2 spiro atoms. The van der Waals surface area contributed by atoms with Gasteiger partial charge in [-0.2, -0.15) is 8.61 Å². The Hall–Kier alpha value is -4.35. The number of sulfonamides is 2. The van der Waals surface area contributed by atoms with Crippen LogP contribution in [-0.2, 0) is 36.2 Å². The second-order valence-electron chi connectivity index (χ2n) is 15.3. The van der Waals surface area contributed by atoms with Crippen LogP contribution in [0.3, 0.4) is 0 Å². The second-order valence-corrected chi connectivity index (χ2v) is 19.9. The van der Waals surface area contributed by atoms with Gasteiger partial charge in [0, 0.05) is 50.6 Å². The zero-order chi connectivity index (χ0) is 42.2. The monoisotopic (exact) mass is 882 g/mol. The maximum atomic E-state index is 13.2. The maximum absolute atomic E-state index is 13.2. The highest BCUT2D eigenvalue weighted by molar-refractivity contribution is 7.89. The number of carbonyl (C=O) groups excluding carboxylic acids is 2. The molecule has 4 aliphatic heterocycles. The summed E-state index contributed by atoms with van der Waals surface area (Å²) in [6.07, 6.45) is 3.25. The largest absolute Gasteiger partial charge is 0.478 e. The Labute approximate surface area is 353 Å². The SMILES string of the molecule is O=C(O)c1ccc(N2CCC3(CCN(S(=O)(=O)c4ccccc4Cl)CC3)C2=O)cc1.O=C1N(c2ccc(CO)cc2)CCC12CCN(S(=O)(=O)c1ccccc1Cl)CC2. The van der Waals surface area contributed by atoms with Crippen molar-refractivity contribution in [1.29, 1.82) is 0 Å². The van der Waals surface area contributed by atoms with Gasteiger partial charge in [0.15, 0.2) is 0 Å². The van der Waals surface area contributed by atoms with Gasteiger partial charge in [0.1, 0.15) is 9.79 Å². The van der Waals surface area contributed by atoms with E-state index < -0.39 is 36.8 Å². The lowest BCUT2D eigenvalue weighted by Crippen LogP contribution is -2.46. The molecule has 0 atom stereocenters. The number of hydrogen-bond acceptors (Lipinski definition) is 8. The molecule has 17 heteroatoms. The molecule has 4 aromatic carbocycles. The van der Waals surface area contributed by atoms with Crippen molar-refractivity contribution in [2.45, 2.75) is 54.9 Å². The molecule has 2 N–H and O–H groups in total. The highest BCUT2D eigenvalue weighted by atomic mass is 35.5. The van der Waals surface area contributed by atoms with Crippen molar-refractivity contribution in [1.82, 2.24) is 8.61 Å². The Morgan fingerprint density at radius 1 is 0.559 bits per heavy atom. The van der Waals surface area contributed by atoms with Gasteiger partial charge in [0.05, 0.1) is 33.0 Å². The van der Waals surface area contributed by atoms with Crippen molar-refractivity contribution in [2.75, 3.05) is 49.1 Å². The van der Waals surface area contributed by atoms with Gasteiger partial charge in [-0.1, -0.05) is 59.6 Å². The number of aliphatic hydroxyl groups is 1. The molecule has 4 aromatic rings. The first-order chi connectivity index (χ1) is 28.1. The van der Waals surface area contributed by atoms with Gasteiger partial charge in [-0.25, -0.2) is 21.6 Å². The van der Waals surface area contributed by atoms with Crippen LogP contribution in [0, 0.1) is 10.8 Å². The number of aliphatic hydroxyl groups excluding tert-OH is 1. The quantitative estimate of drug-likeness (QED) is 0.207. The van der Waals surface area contributed by atoms with E-state index in [-0.39, 0.29) is 56.9 Å². The molecule has 2 amide bonds. The van der Waals surface area contributed by atoms with Crippen LogP contribution in [0.2, 0.25) is 10.0 Å². The number of amides is 2. The van der Waals surface area contributed by atoms with Crippen LogP contribution in [0.15, 0.2) is 107 Å². The molecular formula is C42H44Cl2N4O9S2. The van der Waals surface area contributed by atoms with Crippen LogP contribution in [0.5, 0.6) is 0 Å². The van der Waals surface area contributed by atoms with Crippen molar-refractivity contribution >= 4 is 72.4 Å². The maximum Gasteiger partial charge on any atom is 0.335 e. The van der Waals surface area contributed by atoms with Crippen LogP contribution in [0.1, 0.15) is 54.4 Å². The minimum Gasteiger partial charge on any atom is -0.478 e. The van der Waals surface area contributed by atoms with Gasteiger partial charge in [-0.15, -0.1) is 0 Å². The Bertz CT molecular complexity index is 2450. The number of anilines is 2. The molecular weight excluding hydrogens is 840 g/mol. The Balaban J connectivity index is 0.000000179. The third kappa shape index (κ3) is 8.26. The third-order valence-corrected chi connectivity index (χ3v) is 16.9.